The summed E-state index contributed by atoms with van der Waals surface area (Å²) in [6, 6.07) is 8.41. The molecule has 1 aromatic carbocycles. The van der Waals surface area contributed by atoms with Crippen LogP contribution in [0.2, 0.25) is 0 Å². The minimum atomic E-state index is -0.0221. The fraction of sp³-hybridized carbons (Fsp3) is 0.462. The predicted octanol–water partition coefficient (Wildman–Crippen LogP) is 2.98. The van der Waals surface area contributed by atoms with Crippen LogP contribution in [-0.4, -0.2) is 7.11 Å². The molecule has 0 bridgehead atoms. The Labute approximate surface area is 90.5 Å². The molecule has 15 heavy (non-hydrogen) atoms. The van der Waals surface area contributed by atoms with Crippen molar-refractivity contribution in [3.63, 3.8) is 0 Å². The third kappa shape index (κ3) is 1.39. The molecule has 0 aromatic heterocycles. The summed E-state index contributed by atoms with van der Waals surface area (Å²) in [4.78, 5) is 0. The second-order valence-corrected chi connectivity index (χ2v) is 4.69. The van der Waals surface area contributed by atoms with Gasteiger partial charge in [0.1, 0.15) is 5.75 Å². The Morgan fingerprint density at radius 2 is 2.20 bits per heavy atom. The monoisotopic (exact) mass is 201 g/mol. The lowest BCUT2D eigenvalue weighted by molar-refractivity contribution is 0.409. The molecule has 0 fully saturated rings. The Hall–Kier alpha value is -1.49. The van der Waals surface area contributed by atoms with Crippen LogP contribution < -0.4 is 4.74 Å². The van der Waals surface area contributed by atoms with Crippen molar-refractivity contribution in [2.24, 2.45) is 0 Å². The largest absolute Gasteiger partial charge is 0.496 e. The summed E-state index contributed by atoms with van der Waals surface area (Å²) in [5.41, 5.74) is 2.44. The summed E-state index contributed by atoms with van der Waals surface area (Å²) in [6.45, 7) is 4.37. The Bertz CT molecular complexity index is 429. The second-order valence-electron chi connectivity index (χ2n) is 4.69. The lowest BCUT2D eigenvalue weighted by atomic mass is 9.86. The molecule has 0 saturated carbocycles. The zero-order valence-electron chi connectivity index (χ0n) is 9.37. The van der Waals surface area contributed by atoms with Gasteiger partial charge in [0.2, 0.25) is 0 Å². The van der Waals surface area contributed by atoms with Crippen LogP contribution in [0.25, 0.3) is 0 Å². The summed E-state index contributed by atoms with van der Waals surface area (Å²) in [5.74, 6) is 0.829. The maximum absolute atomic E-state index is 9.16. The zero-order chi connectivity index (χ0) is 11.1. The second kappa shape index (κ2) is 3.27. The summed E-state index contributed by atoms with van der Waals surface area (Å²) < 4.78 is 5.33. The highest BCUT2D eigenvalue weighted by Crippen LogP contribution is 2.48. The number of nitriles is 1. The topological polar surface area (TPSA) is 33.0 Å². The first-order valence-electron chi connectivity index (χ1n) is 5.17. The summed E-state index contributed by atoms with van der Waals surface area (Å²) in [6.07, 6.45) is 0.888. The van der Waals surface area contributed by atoms with Gasteiger partial charge >= 0.3 is 0 Å². The minimum Gasteiger partial charge on any atom is -0.496 e. The van der Waals surface area contributed by atoms with Crippen LogP contribution in [0.5, 0.6) is 5.75 Å². The van der Waals surface area contributed by atoms with Crippen LogP contribution >= 0.6 is 0 Å². The lowest BCUT2D eigenvalue weighted by Gasteiger charge is -2.18. The number of ether oxygens (including phenoxy) is 1. The van der Waals surface area contributed by atoms with Crippen LogP contribution in [0, 0.1) is 11.3 Å². The van der Waals surface area contributed by atoms with Crippen LogP contribution in [0.4, 0.5) is 0 Å². The molecule has 1 unspecified atom stereocenters. The molecule has 78 valence electrons. The number of fused-ring (bicyclic) bond motifs is 1. The fourth-order valence-corrected chi connectivity index (χ4v) is 2.50. The average Bonchev–Trinajstić information content (AvgIpc) is 2.50. The Balaban J connectivity index is 2.64. The van der Waals surface area contributed by atoms with Crippen molar-refractivity contribution in [3.8, 4) is 11.8 Å². The van der Waals surface area contributed by atoms with E-state index in [1.807, 2.05) is 12.1 Å². The quantitative estimate of drug-likeness (QED) is 0.699. The first kappa shape index (κ1) is 10.0. The van der Waals surface area contributed by atoms with Gasteiger partial charge < -0.3 is 4.74 Å². The number of hydrogen-bond acceptors (Lipinski definition) is 2. The van der Waals surface area contributed by atoms with Crippen LogP contribution in [0.15, 0.2) is 18.2 Å². The molecular formula is C13H15NO. The van der Waals surface area contributed by atoms with E-state index in [2.05, 4.69) is 26.0 Å². The Morgan fingerprint density at radius 3 is 2.80 bits per heavy atom. The third-order valence-electron chi connectivity index (χ3n) is 3.23. The van der Waals surface area contributed by atoms with Gasteiger partial charge in [0.15, 0.2) is 0 Å². The first-order valence-corrected chi connectivity index (χ1v) is 5.17. The lowest BCUT2D eigenvalue weighted by Crippen LogP contribution is -2.11. The van der Waals surface area contributed by atoms with Gasteiger partial charge in [0.25, 0.3) is 0 Å². The average molecular weight is 201 g/mol. The van der Waals surface area contributed by atoms with Crippen LogP contribution in [-0.2, 0) is 5.41 Å². The summed E-state index contributed by atoms with van der Waals surface area (Å²) in [5, 5.41) is 9.16. The molecule has 0 aliphatic heterocycles. The maximum Gasteiger partial charge on any atom is 0.123 e. The van der Waals surface area contributed by atoms with Crippen molar-refractivity contribution in [1.29, 1.82) is 5.26 Å². The number of hydrogen-bond donors (Lipinski definition) is 0. The molecular weight excluding hydrogens is 186 g/mol. The molecule has 0 N–H and O–H groups in total. The van der Waals surface area contributed by atoms with E-state index in [1.165, 1.54) is 5.56 Å². The summed E-state index contributed by atoms with van der Waals surface area (Å²) in [7, 11) is 1.66. The van der Waals surface area contributed by atoms with Crippen LogP contribution in [0.1, 0.15) is 37.3 Å². The number of rotatable bonds is 1. The van der Waals surface area contributed by atoms with E-state index >= 15 is 0 Å². The first-order chi connectivity index (χ1) is 7.10. The van der Waals surface area contributed by atoms with Gasteiger partial charge in [-0.1, -0.05) is 26.0 Å². The maximum atomic E-state index is 9.16. The van der Waals surface area contributed by atoms with Crippen molar-refractivity contribution in [1.82, 2.24) is 0 Å². The fourth-order valence-electron chi connectivity index (χ4n) is 2.50. The molecule has 0 radical (unpaired) electrons. The van der Waals surface area contributed by atoms with E-state index in [1.54, 1.807) is 7.11 Å². The zero-order valence-corrected chi connectivity index (χ0v) is 9.37. The number of benzene rings is 1. The highest BCUT2D eigenvalue weighted by atomic mass is 16.5. The molecule has 2 heteroatoms. The highest BCUT2D eigenvalue weighted by molar-refractivity contribution is 5.52. The van der Waals surface area contributed by atoms with Crippen molar-refractivity contribution < 1.29 is 4.74 Å². The van der Waals surface area contributed by atoms with E-state index < -0.39 is 0 Å². The van der Waals surface area contributed by atoms with E-state index in [0.717, 1.165) is 17.7 Å². The SMILES string of the molecule is COc1cccc2c1C(C#N)CC2(C)C. The van der Waals surface area contributed by atoms with Crippen molar-refractivity contribution in [2.75, 3.05) is 7.11 Å². The van der Waals surface area contributed by atoms with Gasteiger partial charge in [-0.2, -0.15) is 5.26 Å². The van der Waals surface area contributed by atoms with Crippen molar-refractivity contribution in [3.05, 3.63) is 29.3 Å². The van der Waals surface area contributed by atoms with Gasteiger partial charge in [-0.25, -0.2) is 0 Å². The molecule has 2 rings (SSSR count). The molecule has 0 heterocycles. The minimum absolute atomic E-state index is 0.0221. The molecule has 1 aromatic rings. The number of nitrogens with zero attached hydrogens (tertiary/aromatic N) is 1. The van der Waals surface area contributed by atoms with Crippen molar-refractivity contribution >= 4 is 0 Å². The molecule has 0 saturated heterocycles. The van der Waals surface area contributed by atoms with E-state index in [9.17, 15) is 0 Å². The normalized spacial score (nSPS) is 21.9. The highest BCUT2D eigenvalue weighted by Gasteiger charge is 2.38. The van der Waals surface area contributed by atoms with Gasteiger partial charge in [0, 0.05) is 5.56 Å². The molecule has 1 aliphatic rings. The molecule has 1 aliphatic carbocycles. The summed E-state index contributed by atoms with van der Waals surface area (Å²) >= 11 is 0. The van der Waals surface area contributed by atoms with Gasteiger partial charge in [-0.15, -0.1) is 0 Å². The van der Waals surface area contributed by atoms with E-state index in [0.29, 0.717) is 0 Å². The Kier molecular flexibility index (Phi) is 2.19. The standard InChI is InChI=1S/C13H15NO/c1-13(2)7-9(8-14)12-10(13)5-4-6-11(12)15-3/h4-6,9H,7H2,1-3H3. The van der Waals surface area contributed by atoms with Gasteiger partial charge in [0.05, 0.1) is 19.1 Å². The third-order valence-corrected chi connectivity index (χ3v) is 3.23. The Morgan fingerprint density at radius 1 is 1.47 bits per heavy atom. The van der Waals surface area contributed by atoms with E-state index in [4.69, 9.17) is 10.00 Å². The molecule has 0 amide bonds. The van der Waals surface area contributed by atoms with Gasteiger partial charge in [-0.3, -0.25) is 0 Å². The van der Waals surface area contributed by atoms with Gasteiger partial charge in [-0.05, 0) is 23.5 Å². The molecule has 2 nitrogen and oxygen atoms in total. The molecule has 1 atom stereocenters. The predicted molar refractivity (Wildman–Crippen MR) is 59.0 cm³/mol. The van der Waals surface area contributed by atoms with Crippen LogP contribution in [0.3, 0.4) is 0 Å². The van der Waals surface area contributed by atoms with Crippen molar-refractivity contribution in [2.45, 2.75) is 31.6 Å². The smallest absolute Gasteiger partial charge is 0.123 e. The number of methoxy groups -OCH3 is 1. The molecule has 0 spiro atoms. The van der Waals surface area contributed by atoms with E-state index in [-0.39, 0.29) is 11.3 Å².